The summed E-state index contributed by atoms with van der Waals surface area (Å²) in [6.45, 7) is 0.861. The van der Waals surface area contributed by atoms with Crippen LogP contribution in [0.25, 0.3) is 0 Å². The third kappa shape index (κ3) is 3.26. The van der Waals surface area contributed by atoms with Gasteiger partial charge in [0.15, 0.2) is 0 Å². The number of amides is 1. The van der Waals surface area contributed by atoms with E-state index < -0.39 is 12.0 Å². The summed E-state index contributed by atoms with van der Waals surface area (Å²) >= 11 is 0. The first-order valence-corrected chi connectivity index (χ1v) is 4.82. The molecule has 1 aliphatic rings. The van der Waals surface area contributed by atoms with Gasteiger partial charge in [-0.05, 0) is 6.42 Å². The zero-order chi connectivity index (χ0) is 11.3. The predicted octanol–water partition coefficient (Wildman–Crippen LogP) is -0.715. The molecule has 0 aliphatic carbocycles. The maximum atomic E-state index is 11.1. The molecule has 0 aromatic rings. The Kier molecular flexibility index (Phi) is 4.13. The lowest BCUT2D eigenvalue weighted by molar-refractivity contribution is -0.145. The van der Waals surface area contributed by atoms with E-state index in [-0.39, 0.29) is 19.0 Å². The van der Waals surface area contributed by atoms with E-state index >= 15 is 0 Å². The number of unbranched alkanes of at least 4 members (excludes halogenated alkanes) is 1. The van der Waals surface area contributed by atoms with Gasteiger partial charge < -0.3 is 10.4 Å². The number of terminal acetylenes is 1. The van der Waals surface area contributed by atoms with E-state index in [1.165, 1.54) is 0 Å². The fourth-order valence-corrected chi connectivity index (χ4v) is 1.55. The third-order valence-corrected chi connectivity index (χ3v) is 2.33. The van der Waals surface area contributed by atoms with Crippen molar-refractivity contribution in [2.45, 2.75) is 18.9 Å². The summed E-state index contributed by atoms with van der Waals surface area (Å²) in [4.78, 5) is 23.6. The highest BCUT2D eigenvalue weighted by molar-refractivity contribution is 5.83. The van der Waals surface area contributed by atoms with E-state index in [4.69, 9.17) is 11.5 Å². The maximum absolute atomic E-state index is 11.1. The quantitative estimate of drug-likeness (QED) is 0.475. The van der Waals surface area contributed by atoms with Gasteiger partial charge in [0, 0.05) is 19.5 Å². The zero-order valence-electron chi connectivity index (χ0n) is 8.40. The maximum Gasteiger partial charge on any atom is 0.322 e. The van der Waals surface area contributed by atoms with Gasteiger partial charge in [0.2, 0.25) is 5.91 Å². The van der Waals surface area contributed by atoms with Crippen molar-refractivity contribution in [3.05, 3.63) is 0 Å². The summed E-state index contributed by atoms with van der Waals surface area (Å²) < 4.78 is 0. The van der Waals surface area contributed by atoms with Crippen LogP contribution in [0.4, 0.5) is 0 Å². The second kappa shape index (κ2) is 5.37. The highest BCUT2D eigenvalue weighted by Crippen LogP contribution is 2.06. The summed E-state index contributed by atoms with van der Waals surface area (Å²) in [5.41, 5.74) is 0. The minimum absolute atomic E-state index is 0.131. The Bertz CT molecular complexity index is 296. The first kappa shape index (κ1) is 11.5. The van der Waals surface area contributed by atoms with Crippen molar-refractivity contribution in [2.75, 3.05) is 19.6 Å². The third-order valence-electron chi connectivity index (χ3n) is 2.33. The number of aliphatic carboxylic acids is 1. The number of hydrogen-bond donors (Lipinski definition) is 2. The lowest BCUT2D eigenvalue weighted by Gasteiger charge is -2.32. The minimum Gasteiger partial charge on any atom is -0.480 e. The van der Waals surface area contributed by atoms with Crippen LogP contribution in [0.2, 0.25) is 0 Å². The van der Waals surface area contributed by atoms with Crippen LogP contribution in [0.1, 0.15) is 12.8 Å². The van der Waals surface area contributed by atoms with Crippen LogP contribution in [0, 0.1) is 12.3 Å². The number of carbonyl (C=O) groups is 2. The standard InChI is InChI=1S/C10H14N2O3/c1-2-3-4-5-12-7-9(13)11-6-8(12)10(14)15/h1,8H,3-7H2,(H,11,13)(H,14,15). The van der Waals surface area contributed by atoms with Gasteiger partial charge in [-0.1, -0.05) is 0 Å². The van der Waals surface area contributed by atoms with E-state index in [1.54, 1.807) is 4.90 Å². The minimum atomic E-state index is -0.907. The van der Waals surface area contributed by atoms with Crippen LogP contribution >= 0.6 is 0 Å². The van der Waals surface area contributed by atoms with Crippen molar-refractivity contribution in [3.8, 4) is 12.3 Å². The van der Waals surface area contributed by atoms with Crippen LogP contribution in [0.5, 0.6) is 0 Å². The summed E-state index contributed by atoms with van der Waals surface area (Å²) in [7, 11) is 0. The van der Waals surface area contributed by atoms with Crippen molar-refractivity contribution in [1.82, 2.24) is 10.2 Å². The molecule has 0 aromatic heterocycles. The first-order chi connectivity index (χ1) is 7.15. The summed E-state index contributed by atoms with van der Waals surface area (Å²) in [5, 5.41) is 11.5. The van der Waals surface area contributed by atoms with E-state index in [0.29, 0.717) is 19.4 Å². The summed E-state index contributed by atoms with van der Waals surface area (Å²) in [6, 6.07) is -0.625. The highest BCUT2D eigenvalue weighted by atomic mass is 16.4. The smallest absolute Gasteiger partial charge is 0.322 e. The Morgan fingerprint density at radius 1 is 1.73 bits per heavy atom. The Balaban J connectivity index is 2.51. The topological polar surface area (TPSA) is 69.6 Å². The number of carbonyl (C=O) groups excluding carboxylic acids is 1. The molecule has 1 heterocycles. The Labute approximate surface area is 88.4 Å². The van der Waals surface area contributed by atoms with Gasteiger partial charge >= 0.3 is 5.97 Å². The fraction of sp³-hybridized carbons (Fsp3) is 0.600. The highest BCUT2D eigenvalue weighted by Gasteiger charge is 2.30. The molecule has 2 N–H and O–H groups in total. The molecule has 0 bridgehead atoms. The average molecular weight is 210 g/mol. The van der Waals surface area contributed by atoms with Gasteiger partial charge in [0.25, 0.3) is 0 Å². The molecular formula is C10H14N2O3. The van der Waals surface area contributed by atoms with Gasteiger partial charge in [-0.15, -0.1) is 12.3 Å². The molecule has 1 saturated heterocycles. The van der Waals surface area contributed by atoms with E-state index in [1.807, 2.05) is 0 Å². The SMILES string of the molecule is C#CCCCN1CC(=O)NCC1C(=O)O. The zero-order valence-corrected chi connectivity index (χ0v) is 8.40. The fourth-order valence-electron chi connectivity index (χ4n) is 1.55. The normalized spacial score (nSPS) is 21.8. The molecular weight excluding hydrogens is 196 g/mol. The lowest BCUT2D eigenvalue weighted by Crippen LogP contribution is -2.57. The van der Waals surface area contributed by atoms with Crippen LogP contribution in [-0.4, -0.2) is 47.6 Å². The number of hydrogen-bond acceptors (Lipinski definition) is 3. The Morgan fingerprint density at radius 3 is 3.07 bits per heavy atom. The molecule has 0 radical (unpaired) electrons. The molecule has 1 unspecified atom stereocenters. The number of carboxylic acid groups (broad SMARTS) is 1. The molecule has 5 nitrogen and oxygen atoms in total. The van der Waals surface area contributed by atoms with Crippen LogP contribution in [0.15, 0.2) is 0 Å². The van der Waals surface area contributed by atoms with E-state index in [9.17, 15) is 9.59 Å². The molecule has 5 heteroatoms. The number of nitrogens with one attached hydrogen (secondary N) is 1. The van der Waals surface area contributed by atoms with Crippen molar-refractivity contribution in [1.29, 1.82) is 0 Å². The Hall–Kier alpha value is -1.54. The number of carboxylic acids is 1. The van der Waals surface area contributed by atoms with Crippen molar-refractivity contribution in [3.63, 3.8) is 0 Å². The monoisotopic (exact) mass is 210 g/mol. The average Bonchev–Trinajstić information content (AvgIpc) is 2.18. The summed E-state index contributed by atoms with van der Waals surface area (Å²) in [5.74, 6) is 1.45. The number of nitrogens with zero attached hydrogens (tertiary/aromatic N) is 1. The van der Waals surface area contributed by atoms with Gasteiger partial charge in [-0.2, -0.15) is 0 Å². The second-order valence-electron chi connectivity index (χ2n) is 3.44. The van der Waals surface area contributed by atoms with Crippen LogP contribution in [0.3, 0.4) is 0 Å². The van der Waals surface area contributed by atoms with Crippen molar-refractivity contribution >= 4 is 11.9 Å². The van der Waals surface area contributed by atoms with Gasteiger partial charge in [0.1, 0.15) is 6.04 Å². The van der Waals surface area contributed by atoms with Gasteiger partial charge in [-0.25, -0.2) is 0 Å². The summed E-state index contributed by atoms with van der Waals surface area (Å²) in [6.07, 6.45) is 6.42. The molecule has 1 aliphatic heterocycles. The van der Waals surface area contributed by atoms with Crippen LogP contribution in [-0.2, 0) is 9.59 Å². The predicted molar refractivity (Wildman–Crippen MR) is 54.1 cm³/mol. The molecule has 0 aromatic carbocycles. The van der Waals surface area contributed by atoms with Crippen LogP contribution < -0.4 is 5.32 Å². The van der Waals surface area contributed by atoms with Crippen molar-refractivity contribution in [2.24, 2.45) is 0 Å². The number of piperazine rings is 1. The molecule has 0 spiro atoms. The van der Waals surface area contributed by atoms with E-state index in [2.05, 4.69) is 11.2 Å². The molecule has 0 saturated carbocycles. The molecule has 1 amide bonds. The molecule has 1 atom stereocenters. The van der Waals surface area contributed by atoms with E-state index in [0.717, 1.165) is 0 Å². The van der Waals surface area contributed by atoms with Gasteiger partial charge in [0.05, 0.1) is 6.54 Å². The molecule has 82 valence electrons. The molecule has 1 fully saturated rings. The lowest BCUT2D eigenvalue weighted by atomic mass is 10.1. The largest absolute Gasteiger partial charge is 0.480 e. The first-order valence-electron chi connectivity index (χ1n) is 4.82. The second-order valence-corrected chi connectivity index (χ2v) is 3.44. The molecule has 1 rings (SSSR count). The molecule has 15 heavy (non-hydrogen) atoms. The van der Waals surface area contributed by atoms with Crippen molar-refractivity contribution < 1.29 is 14.7 Å². The van der Waals surface area contributed by atoms with Gasteiger partial charge in [-0.3, -0.25) is 14.5 Å². The number of rotatable bonds is 4. The Morgan fingerprint density at radius 2 is 2.47 bits per heavy atom.